The smallest absolute Gasteiger partial charge is 0.483 e. The summed E-state index contributed by atoms with van der Waals surface area (Å²) in [6.07, 6.45) is 5.46. The lowest BCUT2D eigenvalue weighted by Gasteiger charge is -2.32. The molecule has 2 aliphatic heterocycles. The maximum absolute atomic E-state index is 13.3. The van der Waals surface area contributed by atoms with Crippen molar-refractivity contribution in [3.63, 3.8) is 0 Å². The molecule has 3 aromatic rings. The molecule has 6 heteroatoms. The highest BCUT2D eigenvalue weighted by Crippen LogP contribution is 2.37. The van der Waals surface area contributed by atoms with Crippen LogP contribution in [0.5, 0.6) is 5.75 Å². The fraction of sp³-hybridized carbons (Fsp3) is 0.346. The van der Waals surface area contributed by atoms with Crippen LogP contribution in [0.2, 0.25) is 0 Å². The molecule has 2 aromatic carbocycles. The fourth-order valence-electron chi connectivity index (χ4n) is 4.05. The van der Waals surface area contributed by atoms with Crippen LogP contribution >= 0.6 is 0 Å². The summed E-state index contributed by atoms with van der Waals surface area (Å²) in [5.41, 5.74) is 2.28. The first kappa shape index (κ1) is 21.0. The van der Waals surface area contributed by atoms with E-state index >= 15 is 0 Å². The van der Waals surface area contributed by atoms with E-state index in [0.29, 0.717) is 22.3 Å². The number of fused-ring (bicyclic) bond motifs is 3. The molecule has 1 saturated heterocycles. The van der Waals surface area contributed by atoms with E-state index < -0.39 is 18.3 Å². The average Bonchev–Trinajstić information content (AvgIpc) is 2.94. The zero-order valence-corrected chi connectivity index (χ0v) is 19.3. The number of hydrogen-bond donors (Lipinski definition) is 0. The lowest BCUT2D eigenvalue weighted by atomic mass is 9.78. The minimum atomic E-state index is -0.440. The van der Waals surface area contributed by atoms with Gasteiger partial charge in [0.1, 0.15) is 23.2 Å². The van der Waals surface area contributed by atoms with Crippen LogP contribution in [0.1, 0.15) is 47.1 Å². The van der Waals surface area contributed by atoms with Crippen molar-refractivity contribution in [1.29, 1.82) is 0 Å². The average molecular weight is 430 g/mol. The van der Waals surface area contributed by atoms with Gasteiger partial charge in [0.15, 0.2) is 0 Å². The van der Waals surface area contributed by atoms with Crippen molar-refractivity contribution >= 4 is 29.6 Å². The molecule has 32 heavy (non-hydrogen) atoms. The highest BCUT2D eigenvalue weighted by molar-refractivity contribution is 6.62. The van der Waals surface area contributed by atoms with Crippen molar-refractivity contribution < 1.29 is 18.5 Å². The molecule has 3 heterocycles. The maximum Gasteiger partial charge on any atom is 0.494 e. The molecule has 2 aliphatic rings. The van der Waals surface area contributed by atoms with E-state index in [1.54, 1.807) is 6.07 Å². The molecule has 0 N–H and O–H groups in total. The quantitative estimate of drug-likeness (QED) is 0.539. The molecular formula is C26H27BO5. The highest BCUT2D eigenvalue weighted by Gasteiger charge is 2.51. The van der Waals surface area contributed by atoms with Crippen molar-refractivity contribution in [2.75, 3.05) is 0 Å². The second-order valence-corrected chi connectivity index (χ2v) is 10.1. The SMILES string of the molecule is CC1(C)C=Cc2c(ccc3c(=O)c(-c4ccc(B5OC(C)(C)C(C)(C)O5)cc4)coc23)O1. The minimum Gasteiger partial charge on any atom is -0.483 e. The summed E-state index contributed by atoms with van der Waals surface area (Å²) in [5, 5.41) is 0.532. The molecule has 164 valence electrons. The Morgan fingerprint density at radius 3 is 2.16 bits per heavy atom. The van der Waals surface area contributed by atoms with Crippen LogP contribution in [0.15, 0.2) is 57.9 Å². The Morgan fingerprint density at radius 2 is 1.50 bits per heavy atom. The van der Waals surface area contributed by atoms with Crippen LogP contribution < -0.4 is 15.6 Å². The second-order valence-electron chi connectivity index (χ2n) is 10.1. The van der Waals surface area contributed by atoms with Crippen molar-refractivity contribution in [3.8, 4) is 16.9 Å². The predicted molar refractivity (Wildman–Crippen MR) is 127 cm³/mol. The van der Waals surface area contributed by atoms with Gasteiger partial charge < -0.3 is 18.5 Å². The van der Waals surface area contributed by atoms with E-state index in [2.05, 4.69) is 0 Å². The first-order chi connectivity index (χ1) is 15.0. The second kappa shape index (κ2) is 6.83. The van der Waals surface area contributed by atoms with Gasteiger partial charge in [-0.2, -0.15) is 0 Å². The van der Waals surface area contributed by atoms with Crippen LogP contribution in [0.25, 0.3) is 28.2 Å². The molecular weight excluding hydrogens is 403 g/mol. The number of benzene rings is 2. The van der Waals surface area contributed by atoms with Gasteiger partial charge in [-0.3, -0.25) is 4.79 Å². The van der Waals surface area contributed by atoms with E-state index in [0.717, 1.165) is 16.6 Å². The topological polar surface area (TPSA) is 57.9 Å². The van der Waals surface area contributed by atoms with Gasteiger partial charge in [-0.05, 0) is 76.9 Å². The summed E-state index contributed by atoms with van der Waals surface area (Å²) in [5.74, 6) is 0.715. The number of ether oxygens (including phenoxy) is 1. The van der Waals surface area contributed by atoms with Crippen molar-refractivity contribution in [2.45, 2.75) is 58.3 Å². The zero-order chi connectivity index (χ0) is 22.9. The first-order valence-electron chi connectivity index (χ1n) is 10.9. The van der Waals surface area contributed by atoms with E-state index in [4.69, 9.17) is 18.5 Å². The van der Waals surface area contributed by atoms with Gasteiger partial charge in [-0.25, -0.2) is 0 Å². The largest absolute Gasteiger partial charge is 0.494 e. The van der Waals surface area contributed by atoms with Gasteiger partial charge >= 0.3 is 7.12 Å². The molecule has 0 radical (unpaired) electrons. The lowest BCUT2D eigenvalue weighted by molar-refractivity contribution is 0.00578. The molecule has 0 amide bonds. The third kappa shape index (κ3) is 3.29. The summed E-state index contributed by atoms with van der Waals surface area (Å²) in [6, 6.07) is 11.3. The summed E-state index contributed by atoms with van der Waals surface area (Å²) in [4.78, 5) is 13.3. The summed E-state index contributed by atoms with van der Waals surface area (Å²) >= 11 is 0. The number of rotatable bonds is 2. The van der Waals surface area contributed by atoms with Crippen LogP contribution in [-0.4, -0.2) is 23.9 Å². The predicted octanol–water partition coefficient (Wildman–Crippen LogP) is 4.94. The summed E-state index contributed by atoms with van der Waals surface area (Å²) in [6.45, 7) is 12.1. The van der Waals surface area contributed by atoms with E-state index in [1.807, 2.05) is 84.0 Å². The van der Waals surface area contributed by atoms with Crippen molar-refractivity contribution in [3.05, 3.63) is 64.5 Å². The third-order valence-corrected chi connectivity index (χ3v) is 6.71. The standard InChI is InChI=1S/C26H27BO5/c1-24(2)14-13-18-21(30-24)12-11-19-22(28)20(15-29-23(18)19)16-7-9-17(10-8-16)27-31-25(3,4)26(5,6)32-27/h7-15H,1-6H3. The molecule has 0 spiro atoms. The van der Waals surface area contributed by atoms with Gasteiger partial charge in [0, 0.05) is 0 Å². The molecule has 0 aliphatic carbocycles. The van der Waals surface area contributed by atoms with Crippen molar-refractivity contribution in [2.24, 2.45) is 0 Å². The Kier molecular flexibility index (Phi) is 4.49. The first-order valence-corrected chi connectivity index (χ1v) is 10.9. The number of hydrogen-bond acceptors (Lipinski definition) is 5. The van der Waals surface area contributed by atoms with Gasteiger partial charge in [0.2, 0.25) is 5.43 Å². The van der Waals surface area contributed by atoms with E-state index in [-0.39, 0.29) is 11.0 Å². The van der Waals surface area contributed by atoms with Crippen LogP contribution in [0, 0.1) is 0 Å². The van der Waals surface area contributed by atoms with Gasteiger partial charge in [-0.15, -0.1) is 0 Å². The van der Waals surface area contributed by atoms with E-state index in [9.17, 15) is 4.79 Å². The maximum atomic E-state index is 13.3. The lowest BCUT2D eigenvalue weighted by Crippen LogP contribution is -2.41. The molecule has 1 fully saturated rings. The molecule has 0 bridgehead atoms. The normalized spacial score (nSPS) is 20.2. The fourth-order valence-corrected chi connectivity index (χ4v) is 4.05. The molecule has 0 unspecified atom stereocenters. The molecule has 1 aromatic heterocycles. The van der Waals surface area contributed by atoms with Gasteiger partial charge in [0.05, 0.1) is 27.7 Å². The molecule has 0 atom stereocenters. The Hall–Kier alpha value is -2.83. The summed E-state index contributed by atoms with van der Waals surface area (Å²) < 4.78 is 24.2. The molecule has 5 nitrogen and oxygen atoms in total. The molecule has 5 rings (SSSR count). The molecule has 0 saturated carbocycles. The van der Waals surface area contributed by atoms with Gasteiger partial charge in [-0.1, -0.05) is 24.3 Å². The Bertz CT molecular complexity index is 1280. The van der Waals surface area contributed by atoms with Crippen molar-refractivity contribution in [1.82, 2.24) is 0 Å². The Balaban J connectivity index is 1.50. The monoisotopic (exact) mass is 430 g/mol. The van der Waals surface area contributed by atoms with Crippen LogP contribution in [0.3, 0.4) is 0 Å². The van der Waals surface area contributed by atoms with Gasteiger partial charge in [0.25, 0.3) is 0 Å². The Morgan fingerprint density at radius 1 is 0.844 bits per heavy atom. The van der Waals surface area contributed by atoms with Crippen LogP contribution in [0.4, 0.5) is 0 Å². The van der Waals surface area contributed by atoms with E-state index in [1.165, 1.54) is 6.26 Å². The highest BCUT2D eigenvalue weighted by atomic mass is 16.7. The minimum absolute atomic E-state index is 0.0735. The summed E-state index contributed by atoms with van der Waals surface area (Å²) in [7, 11) is -0.440. The Labute approximate surface area is 188 Å². The van der Waals surface area contributed by atoms with Crippen LogP contribution in [-0.2, 0) is 9.31 Å². The zero-order valence-electron chi connectivity index (χ0n) is 19.3. The third-order valence-electron chi connectivity index (χ3n) is 6.71.